The second-order valence-electron chi connectivity index (χ2n) is 4.67. The molecule has 0 unspecified atom stereocenters. The summed E-state index contributed by atoms with van der Waals surface area (Å²) < 4.78 is 5.66. The van der Waals surface area contributed by atoms with Crippen LogP contribution in [0.2, 0.25) is 10.0 Å². The number of nitrogens with one attached hydrogen (secondary N) is 1. The molecule has 0 aliphatic rings. The molecule has 1 N–H and O–H groups in total. The number of halogens is 2. The highest BCUT2D eigenvalue weighted by molar-refractivity contribution is 6.31. The average Bonchev–Trinajstić information content (AvgIpc) is 2.41. The standard InChI is InChI=1S/C16H15Cl2NO2/c1-10-8-13(18)6-7-15(10)21-11(2)16(20)19-14-5-3-4-12(17)9-14/h3-9,11H,1-2H3,(H,19,20)/t11-/m1/s1. The van der Waals surface area contributed by atoms with E-state index in [4.69, 9.17) is 27.9 Å². The molecule has 0 aromatic heterocycles. The normalized spacial score (nSPS) is 11.8. The maximum atomic E-state index is 12.1. The highest BCUT2D eigenvalue weighted by Crippen LogP contribution is 2.23. The van der Waals surface area contributed by atoms with Crippen molar-refractivity contribution in [3.8, 4) is 5.75 Å². The van der Waals surface area contributed by atoms with E-state index < -0.39 is 6.10 Å². The average molecular weight is 324 g/mol. The van der Waals surface area contributed by atoms with E-state index in [1.807, 2.05) is 6.92 Å². The van der Waals surface area contributed by atoms with E-state index in [0.717, 1.165) is 5.56 Å². The van der Waals surface area contributed by atoms with Gasteiger partial charge in [0.25, 0.3) is 5.91 Å². The monoisotopic (exact) mass is 323 g/mol. The molecular weight excluding hydrogens is 309 g/mol. The van der Waals surface area contributed by atoms with Crippen molar-refractivity contribution in [2.45, 2.75) is 20.0 Å². The van der Waals surface area contributed by atoms with Gasteiger partial charge in [-0.3, -0.25) is 4.79 Å². The fourth-order valence-electron chi connectivity index (χ4n) is 1.80. The number of carbonyl (C=O) groups excluding carboxylic acids is 1. The third kappa shape index (κ3) is 4.38. The Labute approximate surface area is 133 Å². The van der Waals surface area contributed by atoms with E-state index in [0.29, 0.717) is 21.5 Å². The topological polar surface area (TPSA) is 38.3 Å². The molecule has 0 heterocycles. The highest BCUT2D eigenvalue weighted by atomic mass is 35.5. The first-order valence-electron chi connectivity index (χ1n) is 6.45. The summed E-state index contributed by atoms with van der Waals surface area (Å²) in [6.07, 6.45) is -0.635. The van der Waals surface area contributed by atoms with Crippen molar-refractivity contribution in [1.82, 2.24) is 0 Å². The minimum atomic E-state index is -0.635. The molecule has 0 aliphatic heterocycles. The van der Waals surface area contributed by atoms with Crippen molar-refractivity contribution in [3.05, 3.63) is 58.1 Å². The van der Waals surface area contributed by atoms with Gasteiger partial charge in [0.05, 0.1) is 0 Å². The third-order valence-electron chi connectivity index (χ3n) is 2.90. The van der Waals surface area contributed by atoms with Crippen LogP contribution in [0, 0.1) is 6.92 Å². The first-order chi connectivity index (χ1) is 9.95. The van der Waals surface area contributed by atoms with Crippen molar-refractivity contribution in [1.29, 1.82) is 0 Å². The van der Waals surface area contributed by atoms with Gasteiger partial charge in [0.1, 0.15) is 5.75 Å². The molecular formula is C16H15Cl2NO2. The Morgan fingerprint density at radius 1 is 1.14 bits per heavy atom. The molecule has 2 aromatic carbocycles. The molecule has 2 rings (SSSR count). The van der Waals surface area contributed by atoms with Gasteiger partial charge >= 0.3 is 0 Å². The van der Waals surface area contributed by atoms with Crippen LogP contribution in [-0.4, -0.2) is 12.0 Å². The lowest BCUT2D eigenvalue weighted by Gasteiger charge is -2.16. The lowest BCUT2D eigenvalue weighted by molar-refractivity contribution is -0.122. The minimum Gasteiger partial charge on any atom is -0.481 e. The molecule has 0 spiro atoms. The van der Waals surface area contributed by atoms with Crippen LogP contribution in [0.25, 0.3) is 0 Å². The second kappa shape index (κ2) is 6.83. The summed E-state index contributed by atoms with van der Waals surface area (Å²) in [5, 5.41) is 3.96. The molecule has 5 heteroatoms. The number of hydrogen-bond donors (Lipinski definition) is 1. The van der Waals surface area contributed by atoms with Crippen molar-refractivity contribution >= 4 is 34.8 Å². The van der Waals surface area contributed by atoms with Gasteiger partial charge in [-0.2, -0.15) is 0 Å². The van der Waals surface area contributed by atoms with Gasteiger partial charge in [0, 0.05) is 15.7 Å². The van der Waals surface area contributed by atoms with Gasteiger partial charge in [-0.05, 0) is 55.8 Å². The molecule has 1 amide bonds. The number of benzene rings is 2. The van der Waals surface area contributed by atoms with E-state index in [1.165, 1.54) is 0 Å². The second-order valence-corrected chi connectivity index (χ2v) is 5.54. The van der Waals surface area contributed by atoms with Gasteiger partial charge in [-0.15, -0.1) is 0 Å². The third-order valence-corrected chi connectivity index (χ3v) is 3.37. The molecule has 1 atom stereocenters. The Morgan fingerprint density at radius 3 is 2.52 bits per heavy atom. The van der Waals surface area contributed by atoms with Crippen molar-refractivity contribution in [2.24, 2.45) is 0 Å². The summed E-state index contributed by atoms with van der Waals surface area (Å²) in [5.41, 5.74) is 1.51. The van der Waals surface area contributed by atoms with Crippen molar-refractivity contribution in [3.63, 3.8) is 0 Å². The van der Waals surface area contributed by atoms with E-state index in [9.17, 15) is 4.79 Å². The number of carbonyl (C=O) groups is 1. The lowest BCUT2D eigenvalue weighted by Crippen LogP contribution is -2.30. The molecule has 0 aliphatic carbocycles. The van der Waals surface area contributed by atoms with Crippen LogP contribution >= 0.6 is 23.2 Å². The number of ether oxygens (including phenoxy) is 1. The molecule has 110 valence electrons. The molecule has 3 nitrogen and oxygen atoms in total. The number of anilines is 1. The summed E-state index contributed by atoms with van der Waals surface area (Å²) >= 11 is 11.8. The van der Waals surface area contributed by atoms with Crippen LogP contribution in [-0.2, 0) is 4.79 Å². The Hall–Kier alpha value is -1.71. The molecule has 0 radical (unpaired) electrons. The first-order valence-corrected chi connectivity index (χ1v) is 7.20. The van der Waals surface area contributed by atoms with Crippen LogP contribution in [0.3, 0.4) is 0 Å². The Balaban J connectivity index is 2.02. The Morgan fingerprint density at radius 2 is 1.86 bits per heavy atom. The smallest absolute Gasteiger partial charge is 0.265 e. The SMILES string of the molecule is Cc1cc(Cl)ccc1O[C@H](C)C(=O)Nc1cccc(Cl)c1. The molecule has 0 fully saturated rings. The van der Waals surface area contributed by atoms with Crippen LogP contribution in [0.15, 0.2) is 42.5 Å². The highest BCUT2D eigenvalue weighted by Gasteiger charge is 2.16. The first kappa shape index (κ1) is 15.7. The number of rotatable bonds is 4. The predicted molar refractivity (Wildman–Crippen MR) is 86.4 cm³/mol. The molecule has 21 heavy (non-hydrogen) atoms. The summed E-state index contributed by atoms with van der Waals surface area (Å²) in [5.74, 6) is 0.389. The van der Waals surface area contributed by atoms with Gasteiger partial charge in [0.15, 0.2) is 6.10 Å². The maximum absolute atomic E-state index is 12.1. The number of hydrogen-bond acceptors (Lipinski definition) is 2. The zero-order valence-corrected chi connectivity index (χ0v) is 13.2. The summed E-state index contributed by atoms with van der Waals surface area (Å²) in [6.45, 7) is 3.57. The predicted octanol–water partition coefficient (Wildman–Crippen LogP) is 4.71. The number of aryl methyl sites for hydroxylation is 1. The molecule has 0 bridgehead atoms. The van der Waals surface area contributed by atoms with E-state index in [1.54, 1.807) is 49.4 Å². The van der Waals surface area contributed by atoms with Gasteiger partial charge in [-0.25, -0.2) is 0 Å². The van der Waals surface area contributed by atoms with Crippen LogP contribution < -0.4 is 10.1 Å². The zero-order chi connectivity index (χ0) is 15.4. The Bertz CT molecular complexity index is 658. The number of amides is 1. The summed E-state index contributed by atoms with van der Waals surface area (Å²) in [4.78, 5) is 12.1. The maximum Gasteiger partial charge on any atom is 0.265 e. The fourth-order valence-corrected chi connectivity index (χ4v) is 2.22. The van der Waals surface area contributed by atoms with Crippen molar-refractivity contribution < 1.29 is 9.53 Å². The molecule has 0 saturated heterocycles. The van der Waals surface area contributed by atoms with Gasteiger partial charge in [-0.1, -0.05) is 29.3 Å². The van der Waals surface area contributed by atoms with E-state index >= 15 is 0 Å². The molecule has 0 saturated carbocycles. The van der Waals surface area contributed by atoms with Crippen LogP contribution in [0.5, 0.6) is 5.75 Å². The van der Waals surface area contributed by atoms with Crippen LogP contribution in [0.4, 0.5) is 5.69 Å². The summed E-state index contributed by atoms with van der Waals surface area (Å²) in [6, 6.07) is 12.2. The van der Waals surface area contributed by atoms with Crippen molar-refractivity contribution in [2.75, 3.05) is 5.32 Å². The Kier molecular flexibility index (Phi) is 5.10. The van der Waals surface area contributed by atoms with E-state index in [2.05, 4.69) is 5.32 Å². The quantitative estimate of drug-likeness (QED) is 0.885. The van der Waals surface area contributed by atoms with E-state index in [-0.39, 0.29) is 5.91 Å². The van der Waals surface area contributed by atoms with Gasteiger partial charge in [0.2, 0.25) is 0 Å². The largest absolute Gasteiger partial charge is 0.481 e. The molecule has 2 aromatic rings. The minimum absolute atomic E-state index is 0.244. The fraction of sp³-hybridized carbons (Fsp3) is 0.188. The zero-order valence-electron chi connectivity index (χ0n) is 11.7. The summed E-state index contributed by atoms with van der Waals surface area (Å²) in [7, 11) is 0. The van der Waals surface area contributed by atoms with Gasteiger partial charge < -0.3 is 10.1 Å². The lowest BCUT2D eigenvalue weighted by atomic mass is 10.2. The van der Waals surface area contributed by atoms with Crippen LogP contribution in [0.1, 0.15) is 12.5 Å².